The predicted molar refractivity (Wildman–Crippen MR) is 91.4 cm³/mol. The number of rotatable bonds is 4. The van der Waals surface area contributed by atoms with Crippen LogP contribution in [0.25, 0.3) is 0 Å². The second-order valence-corrected chi connectivity index (χ2v) is 5.99. The predicted octanol–water partition coefficient (Wildman–Crippen LogP) is 5.36. The summed E-state index contributed by atoms with van der Waals surface area (Å²) in [6.45, 7) is 3.47. The Labute approximate surface area is 144 Å². The van der Waals surface area contributed by atoms with Gasteiger partial charge in [-0.3, -0.25) is 4.79 Å². The summed E-state index contributed by atoms with van der Waals surface area (Å²) in [5, 5.41) is 4.23. The molecule has 2 aromatic carbocycles. The zero-order valence-electron chi connectivity index (χ0n) is 12.0. The lowest BCUT2D eigenvalue weighted by Crippen LogP contribution is -2.30. The van der Waals surface area contributed by atoms with Crippen LogP contribution in [0.5, 0.6) is 5.75 Å². The van der Waals surface area contributed by atoms with Gasteiger partial charge in [-0.2, -0.15) is 0 Å². The van der Waals surface area contributed by atoms with E-state index in [1.54, 1.807) is 43.3 Å². The largest absolute Gasteiger partial charge is 0.479 e. The van der Waals surface area contributed by atoms with Gasteiger partial charge in [-0.25, -0.2) is 0 Å². The smallest absolute Gasteiger partial charge is 0.265 e. The van der Waals surface area contributed by atoms with Crippen molar-refractivity contribution < 1.29 is 9.53 Å². The van der Waals surface area contributed by atoms with E-state index >= 15 is 0 Å². The van der Waals surface area contributed by atoms with Gasteiger partial charge in [-0.15, -0.1) is 0 Å². The van der Waals surface area contributed by atoms with Crippen molar-refractivity contribution in [3.8, 4) is 5.75 Å². The normalized spacial score (nSPS) is 11.9. The van der Waals surface area contributed by atoms with E-state index in [4.69, 9.17) is 39.5 Å². The van der Waals surface area contributed by atoms with Crippen LogP contribution in [0.15, 0.2) is 36.4 Å². The van der Waals surface area contributed by atoms with Crippen LogP contribution in [0.4, 0.5) is 5.69 Å². The van der Waals surface area contributed by atoms with E-state index in [1.165, 1.54) is 0 Å². The summed E-state index contributed by atoms with van der Waals surface area (Å²) in [6.07, 6.45) is -0.725. The summed E-state index contributed by atoms with van der Waals surface area (Å²) < 4.78 is 5.57. The quantitative estimate of drug-likeness (QED) is 0.799. The Balaban J connectivity index is 2.07. The SMILES string of the molecule is Cc1c(Cl)cccc1NC(=O)C(C)Oc1ccc(Cl)cc1Cl. The number of carbonyl (C=O) groups is 1. The van der Waals surface area contributed by atoms with Crippen molar-refractivity contribution in [3.05, 3.63) is 57.0 Å². The molecule has 6 heteroatoms. The van der Waals surface area contributed by atoms with Gasteiger partial charge in [0.15, 0.2) is 6.10 Å². The molecule has 0 aliphatic heterocycles. The zero-order chi connectivity index (χ0) is 16.3. The van der Waals surface area contributed by atoms with Gasteiger partial charge >= 0.3 is 0 Å². The molecule has 116 valence electrons. The van der Waals surface area contributed by atoms with Gasteiger partial charge in [0, 0.05) is 15.7 Å². The fraction of sp³-hybridized carbons (Fsp3) is 0.188. The van der Waals surface area contributed by atoms with Crippen LogP contribution in [0.3, 0.4) is 0 Å². The molecule has 0 saturated carbocycles. The minimum absolute atomic E-state index is 0.295. The van der Waals surface area contributed by atoms with Crippen molar-refractivity contribution in [1.82, 2.24) is 0 Å². The lowest BCUT2D eigenvalue weighted by Gasteiger charge is -2.17. The van der Waals surface area contributed by atoms with Crippen molar-refractivity contribution in [2.75, 3.05) is 5.32 Å². The maximum absolute atomic E-state index is 12.2. The number of ether oxygens (including phenoxy) is 1. The maximum atomic E-state index is 12.2. The van der Waals surface area contributed by atoms with Gasteiger partial charge in [0.1, 0.15) is 5.75 Å². The summed E-state index contributed by atoms with van der Waals surface area (Å²) in [5.41, 5.74) is 1.45. The van der Waals surface area contributed by atoms with Crippen LogP contribution in [0, 0.1) is 6.92 Å². The lowest BCUT2D eigenvalue weighted by atomic mass is 10.2. The summed E-state index contributed by atoms with van der Waals surface area (Å²) in [7, 11) is 0. The number of anilines is 1. The van der Waals surface area contributed by atoms with Gasteiger partial charge in [0.2, 0.25) is 0 Å². The van der Waals surface area contributed by atoms with E-state index in [0.717, 1.165) is 5.56 Å². The third-order valence-corrected chi connectivity index (χ3v) is 4.03. The molecule has 0 spiro atoms. The van der Waals surface area contributed by atoms with Crippen molar-refractivity contribution in [1.29, 1.82) is 0 Å². The standard InChI is InChI=1S/C16H14Cl3NO2/c1-9-12(18)4-3-5-14(9)20-16(21)10(2)22-15-7-6-11(17)8-13(15)19/h3-8,10H,1-2H3,(H,20,21). The van der Waals surface area contributed by atoms with Crippen LogP contribution in [-0.4, -0.2) is 12.0 Å². The Morgan fingerprint density at radius 2 is 1.86 bits per heavy atom. The molecule has 0 aliphatic rings. The second-order valence-electron chi connectivity index (χ2n) is 4.74. The molecule has 0 aromatic heterocycles. The molecular weight excluding hydrogens is 345 g/mol. The molecule has 2 aromatic rings. The molecular formula is C16H14Cl3NO2. The molecule has 3 nitrogen and oxygen atoms in total. The maximum Gasteiger partial charge on any atom is 0.265 e. The summed E-state index contributed by atoms with van der Waals surface area (Å²) in [5.74, 6) is 0.105. The van der Waals surface area contributed by atoms with Crippen molar-refractivity contribution in [2.24, 2.45) is 0 Å². The Morgan fingerprint density at radius 3 is 2.55 bits per heavy atom. The first-order valence-electron chi connectivity index (χ1n) is 6.56. The summed E-state index contributed by atoms with van der Waals surface area (Å²) >= 11 is 17.9. The Morgan fingerprint density at radius 1 is 1.14 bits per heavy atom. The van der Waals surface area contributed by atoms with Gasteiger partial charge in [0.05, 0.1) is 5.02 Å². The van der Waals surface area contributed by atoms with E-state index in [-0.39, 0.29) is 5.91 Å². The van der Waals surface area contributed by atoms with E-state index in [2.05, 4.69) is 5.32 Å². The molecule has 0 radical (unpaired) electrons. The first-order valence-corrected chi connectivity index (χ1v) is 7.69. The number of nitrogens with one attached hydrogen (secondary N) is 1. The van der Waals surface area contributed by atoms with E-state index in [0.29, 0.717) is 26.5 Å². The number of halogens is 3. The number of carbonyl (C=O) groups excluding carboxylic acids is 1. The monoisotopic (exact) mass is 357 g/mol. The van der Waals surface area contributed by atoms with Gasteiger partial charge in [-0.05, 0) is 49.7 Å². The first-order chi connectivity index (χ1) is 10.4. The molecule has 22 heavy (non-hydrogen) atoms. The van der Waals surface area contributed by atoms with Crippen LogP contribution in [0.2, 0.25) is 15.1 Å². The second kappa shape index (κ2) is 7.23. The zero-order valence-corrected chi connectivity index (χ0v) is 14.3. The molecule has 0 bridgehead atoms. The van der Waals surface area contributed by atoms with Crippen LogP contribution < -0.4 is 10.1 Å². The highest BCUT2D eigenvalue weighted by Gasteiger charge is 2.17. The summed E-state index contributed by atoms with van der Waals surface area (Å²) in [6, 6.07) is 10.1. The highest BCUT2D eigenvalue weighted by Crippen LogP contribution is 2.29. The first kappa shape index (κ1) is 16.9. The average molecular weight is 359 g/mol. The Bertz CT molecular complexity index is 704. The van der Waals surface area contributed by atoms with Crippen LogP contribution in [0.1, 0.15) is 12.5 Å². The van der Waals surface area contributed by atoms with Gasteiger partial charge in [-0.1, -0.05) is 40.9 Å². The molecule has 1 amide bonds. The molecule has 1 unspecified atom stereocenters. The fourth-order valence-corrected chi connectivity index (χ4v) is 2.42. The van der Waals surface area contributed by atoms with E-state index < -0.39 is 6.10 Å². The third kappa shape index (κ3) is 4.07. The van der Waals surface area contributed by atoms with Crippen LogP contribution >= 0.6 is 34.8 Å². The number of amides is 1. The number of benzene rings is 2. The summed E-state index contributed by atoms with van der Waals surface area (Å²) in [4.78, 5) is 12.2. The fourth-order valence-electron chi connectivity index (χ4n) is 1.79. The van der Waals surface area contributed by atoms with Crippen molar-refractivity contribution >= 4 is 46.4 Å². The number of hydrogen-bond acceptors (Lipinski definition) is 2. The number of hydrogen-bond donors (Lipinski definition) is 1. The van der Waals surface area contributed by atoms with Gasteiger partial charge < -0.3 is 10.1 Å². The van der Waals surface area contributed by atoms with Crippen molar-refractivity contribution in [2.45, 2.75) is 20.0 Å². The minimum Gasteiger partial charge on any atom is -0.479 e. The van der Waals surface area contributed by atoms with Crippen molar-refractivity contribution in [3.63, 3.8) is 0 Å². The minimum atomic E-state index is -0.725. The molecule has 1 atom stereocenters. The lowest BCUT2D eigenvalue weighted by molar-refractivity contribution is -0.122. The molecule has 2 rings (SSSR count). The topological polar surface area (TPSA) is 38.3 Å². The van der Waals surface area contributed by atoms with E-state index in [1.807, 2.05) is 6.92 Å². The highest BCUT2D eigenvalue weighted by molar-refractivity contribution is 6.35. The highest BCUT2D eigenvalue weighted by atomic mass is 35.5. The molecule has 0 aliphatic carbocycles. The average Bonchev–Trinajstić information content (AvgIpc) is 2.46. The molecule has 0 fully saturated rings. The molecule has 1 N–H and O–H groups in total. The third-order valence-electron chi connectivity index (χ3n) is 3.09. The molecule has 0 heterocycles. The Kier molecular flexibility index (Phi) is 5.57. The van der Waals surface area contributed by atoms with Gasteiger partial charge in [0.25, 0.3) is 5.91 Å². The molecule has 0 saturated heterocycles. The Hall–Kier alpha value is -1.42. The van der Waals surface area contributed by atoms with E-state index in [9.17, 15) is 4.79 Å². The van der Waals surface area contributed by atoms with Crippen LogP contribution in [-0.2, 0) is 4.79 Å².